The van der Waals surface area contributed by atoms with Crippen LogP contribution >= 0.6 is 0 Å². The third kappa shape index (κ3) is 3.74. The predicted octanol–water partition coefficient (Wildman–Crippen LogP) is 1.98. The number of aromatic nitrogens is 3. The number of hydrogen-bond donors (Lipinski definition) is 2. The largest absolute Gasteiger partial charge is 0.381 e. The van der Waals surface area contributed by atoms with Crippen molar-refractivity contribution in [2.75, 3.05) is 38.2 Å². The number of anilines is 1. The standard InChI is InChI=1S/C15H27N5O/c1-2-20-8-4-3-5-13(20)11-16-15-17-14(18-19-15)12-6-9-21-10-7-12/h12-13H,2-11H2,1H3,(H2,16,17,18,19). The first-order valence-electron chi connectivity index (χ1n) is 8.34. The van der Waals surface area contributed by atoms with Gasteiger partial charge in [-0.1, -0.05) is 13.3 Å². The van der Waals surface area contributed by atoms with Gasteiger partial charge in [0.2, 0.25) is 5.95 Å². The fourth-order valence-corrected chi connectivity index (χ4v) is 3.42. The number of likely N-dealkylation sites (tertiary alicyclic amines) is 1. The van der Waals surface area contributed by atoms with Gasteiger partial charge in [0.1, 0.15) is 5.82 Å². The van der Waals surface area contributed by atoms with Crippen LogP contribution in [0.3, 0.4) is 0 Å². The number of nitrogens with one attached hydrogen (secondary N) is 2. The van der Waals surface area contributed by atoms with E-state index < -0.39 is 0 Å². The van der Waals surface area contributed by atoms with Gasteiger partial charge in [-0.3, -0.25) is 10.00 Å². The maximum Gasteiger partial charge on any atom is 0.242 e. The Morgan fingerprint density at radius 2 is 2.14 bits per heavy atom. The first kappa shape index (κ1) is 14.8. The summed E-state index contributed by atoms with van der Waals surface area (Å²) in [7, 11) is 0. The molecule has 3 heterocycles. The van der Waals surface area contributed by atoms with Crippen molar-refractivity contribution in [2.45, 2.75) is 51.0 Å². The molecular formula is C15H27N5O. The topological polar surface area (TPSA) is 66.1 Å². The van der Waals surface area contributed by atoms with E-state index in [0.717, 1.165) is 50.9 Å². The lowest BCUT2D eigenvalue weighted by Gasteiger charge is -2.34. The van der Waals surface area contributed by atoms with Crippen LogP contribution in [0, 0.1) is 0 Å². The highest BCUT2D eigenvalue weighted by Crippen LogP contribution is 2.24. The molecule has 6 heteroatoms. The van der Waals surface area contributed by atoms with Crippen molar-refractivity contribution >= 4 is 5.95 Å². The second-order valence-corrected chi connectivity index (χ2v) is 6.09. The highest BCUT2D eigenvalue weighted by Gasteiger charge is 2.22. The maximum atomic E-state index is 5.40. The summed E-state index contributed by atoms with van der Waals surface area (Å²) in [6, 6.07) is 0.619. The monoisotopic (exact) mass is 293 g/mol. The van der Waals surface area contributed by atoms with Crippen molar-refractivity contribution in [1.29, 1.82) is 0 Å². The zero-order valence-corrected chi connectivity index (χ0v) is 13.0. The smallest absolute Gasteiger partial charge is 0.242 e. The van der Waals surface area contributed by atoms with E-state index in [1.54, 1.807) is 0 Å². The van der Waals surface area contributed by atoms with Crippen molar-refractivity contribution < 1.29 is 4.74 Å². The average molecular weight is 293 g/mol. The number of rotatable bonds is 5. The molecule has 0 saturated carbocycles. The third-order valence-electron chi connectivity index (χ3n) is 4.76. The maximum absolute atomic E-state index is 5.40. The molecule has 1 aromatic rings. The van der Waals surface area contributed by atoms with Gasteiger partial charge in [-0.2, -0.15) is 4.98 Å². The molecule has 1 unspecified atom stereocenters. The minimum absolute atomic E-state index is 0.476. The average Bonchev–Trinajstić information content (AvgIpc) is 3.03. The van der Waals surface area contributed by atoms with Crippen molar-refractivity contribution in [3.63, 3.8) is 0 Å². The van der Waals surface area contributed by atoms with Crippen molar-refractivity contribution in [3.05, 3.63) is 5.82 Å². The van der Waals surface area contributed by atoms with E-state index in [2.05, 4.69) is 32.3 Å². The van der Waals surface area contributed by atoms with Crippen LogP contribution in [0.4, 0.5) is 5.95 Å². The SMILES string of the molecule is CCN1CCCCC1CNc1n[nH]c(C2CCOCC2)n1. The van der Waals surface area contributed by atoms with Crippen LogP contribution in [0.25, 0.3) is 0 Å². The van der Waals surface area contributed by atoms with E-state index in [-0.39, 0.29) is 0 Å². The third-order valence-corrected chi connectivity index (χ3v) is 4.76. The number of piperidine rings is 1. The molecule has 2 saturated heterocycles. The summed E-state index contributed by atoms with van der Waals surface area (Å²) in [5, 5.41) is 10.8. The van der Waals surface area contributed by atoms with E-state index in [0.29, 0.717) is 12.0 Å². The molecule has 2 fully saturated rings. The highest BCUT2D eigenvalue weighted by molar-refractivity contribution is 5.24. The Hall–Kier alpha value is -1.14. The van der Waals surface area contributed by atoms with Crippen LogP contribution in [-0.2, 0) is 4.74 Å². The minimum atomic E-state index is 0.476. The number of nitrogens with zero attached hydrogens (tertiary/aromatic N) is 3. The van der Waals surface area contributed by atoms with Gasteiger partial charge >= 0.3 is 0 Å². The van der Waals surface area contributed by atoms with Gasteiger partial charge < -0.3 is 10.1 Å². The predicted molar refractivity (Wildman–Crippen MR) is 82.6 cm³/mol. The molecule has 6 nitrogen and oxygen atoms in total. The normalized spacial score (nSPS) is 25.1. The van der Waals surface area contributed by atoms with E-state index in [1.165, 1.54) is 25.8 Å². The van der Waals surface area contributed by atoms with Crippen molar-refractivity contribution in [2.24, 2.45) is 0 Å². The second-order valence-electron chi connectivity index (χ2n) is 6.09. The molecule has 0 amide bonds. The molecule has 3 rings (SSSR count). The second kappa shape index (κ2) is 7.22. The van der Waals surface area contributed by atoms with Gasteiger partial charge in [-0.05, 0) is 38.8 Å². The summed E-state index contributed by atoms with van der Waals surface area (Å²) in [5.41, 5.74) is 0. The highest BCUT2D eigenvalue weighted by atomic mass is 16.5. The van der Waals surface area contributed by atoms with Crippen LogP contribution in [0.5, 0.6) is 0 Å². The van der Waals surface area contributed by atoms with Gasteiger partial charge in [0.15, 0.2) is 0 Å². The molecule has 0 aliphatic carbocycles. The number of ether oxygens (including phenoxy) is 1. The minimum Gasteiger partial charge on any atom is -0.381 e. The van der Waals surface area contributed by atoms with Crippen LogP contribution in [0.15, 0.2) is 0 Å². The lowest BCUT2D eigenvalue weighted by Crippen LogP contribution is -2.43. The Balaban J connectivity index is 1.52. The Morgan fingerprint density at radius 1 is 1.29 bits per heavy atom. The molecular weight excluding hydrogens is 266 g/mol. The zero-order chi connectivity index (χ0) is 14.5. The van der Waals surface area contributed by atoms with E-state index in [1.807, 2.05) is 0 Å². The number of aromatic amines is 1. The van der Waals surface area contributed by atoms with Crippen LogP contribution < -0.4 is 5.32 Å². The van der Waals surface area contributed by atoms with E-state index >= 15 is 0 Å². The molecule has 0 spiro atoms. The fraction of sp³-hybridized carbons (Fsp3) is 0.867. The van der Waals surface area contributed by atoms with Crippen LogP contribution in [0.2, 0.25) is 0 Å². The van der Waals surface area contributed by atoms with Gasteiger partial charge in [0.25, 0.3) is 0 Å². The van der Waals surface area contributed by atoms with Crippen LogP contribution in [0.1, 0.15) is 50.8 Å². The summed E-state index contributed by atoms with van der Waals surface area (Å²) in [4.78, 5) is 7.18. The summed E-state index contributed by atoms with van der Waals surface area (Å²) < 4.78 is 5.40. The molecule has 2 aliphatic heterocycles. The zero-order valence-electron chi connectivity index (χ0n) is 13.0. The summed E-state index contributed by atoms with van der Waals surface area (Å²) in [5.74, 6) is 2.23. The lowest BCUT2D eigenvalue weighted by atomic mass is 10.00. The summed E-state index contributed by atoms with van der Waals surface area (Å²) >= 11 is 0. The van der Waals surface area contributed by atoms with E-state index in [9.17, 15) is 0 Å². The Kier molecular flexibility index (Phi) is 5.08. The molecule has 0 aromatic carbocycles. The number of hydrogen-bond acceptors (Lipinski definition) is 5. The number of likely N-dealkylation sites (N-methyl/N-ethyl adjacent to an activating group) is 1. The first-order chi connectivity index (χ1) is 10.4. The Labute approximate surface area is 126 Å². The molecule has 0 bridgehead atoms. The van der Waals surface area contributed by atoms with Crippen molar-refractivity contribution in [3.8, 4) is 0 Å². The van der Waals surface area contributed by atoms with Crippen molar-refractivity contribution in [1.82, 2.24) is 20.1 Å². The van der Waals surface area contributed by atoms with Crippen LogP contribution in [-0.4, -0.2) is 59.0 Å². The Morgan fingerprint density at radius 3 is 2.95 bits per heavy atom. The quantitative estimate of drug-likeness (QED) is 0.869. The molecule has 2 N–H and O–H groups in total. The molecule has 0 radical (unpaired) electrons. The van der Waals surface area contributed by atoms with E-state index in [4.69, 9.17) is 4.74 Å². The molecule has 21 heavy (non-hydrogen) atoms. The molecule has 2 aliphatic rings. The fourth-order valence-electron chi connectivity index (χ4n) is 3.42. The molecule has 1 atom stereocenters. The Bertz CT molecular complexity index is 429. The first-order valence-corrected chi connectivity index (χ1v) is 8.34. The van der Waals surface area contributed by atoms with Gasteiger partial charge in [-0.25, -0.2) is 0 Å². The summed E-state index contributed by atoms with van der Waals surface area (Å²) in [6.07, 6.45) is 6.03. The number of H-pyrrole nitrogens is 1. The van der Waals surface area contributed by atoms with Gasteiger partial charge in [0, 0.05) is 31.7 Å². The molecule has 118 valence electrons. The molecule has 1 aromatic heterocycles. The summed E-state index contributed by atoms with van der Waals surface area (Å²) in [6.45, 7) is 7.22. The van der Waals surface area contributed by atoms with Gasteiger partial charge in [-0.15, -0.1) is 5.10 Å². The van der Waals surface area contributed by atoms with Gasteiger partial charge in [0.05, 0.1) is 0 Å². The lowest BCUT2D eigenvalue weighted by molar-refractivity contribution is 0.0836.